The molecule has 0 aliphatic heterocycles. The smallest absolute Gasteiger partial charge is 0.267 e. The summed E-state index contributed by atoms with van der Waals surface area (Å²) >= 11 is 0. The Kier molecular flexibility index (Phi) is 4.87. The molecule has 1 rings (SSSR count). The van der Waals surface area contributed by atoms with E-state index in [0.29, 0.717) is 18.4 Å². The molecule has 0 atom stereocenters. The molecule has 0 bridgehead atoms. The molecule has 1 aromatic rings. The summed E-state index contributed by atoms with van der Waals surface area (Å²) in [6.45, 7) is 3.81. The maximum absolute atomic E-state index is 12.8. The summed E-state index contributed by atoms with van der Waals surface area (Å²) in [6, 6.07) is 3.09. The minimum absolute atomic E-state index is 0.0185. The van der Waals surface area contributed by atoms with Crippen LogP contribution in [0.3, 0.4) is 0 Å². The molecule has 0 amide bonds. The fourth-order valence-electron chi connectivity index (χ4n) is 1.70. The Labute approximate surface area is 99.9 Å². The van der Waals surface area contributed by atoms with Crippen molar-refractivity contribution in [1.82, 2.24) is 0 Å². The molecule has 2 nitrogen and oxygen atoms in total. The van der Waals surface area contributed by atoms with Crippen LogP contribution >= 0.6 is 0 Å². The van der Waals surface area contributed by atoms with Crippen LogP contribution in [-0.4, -0.2) is 16.8 Å². The van der Waals surface area contributed by atoms with Crippen LogP contribution in [0.25, 0.3) is 0 Å². The third-order valence-corrected chi connectivity index (χ3v) is 2.75. The average Bonchev–Trinajstić information content (AvgIpc) is 2.26. The van der Waals surface area contributed by atoms with Crippen LogP contribution < -0.4 is 0 Å². The van der Waals surface area contributed by atoms with Crippen LogP contribution in [0, 0.1) is 0 Å². The summed E-state index contributed by atoms with van der Waals surface area (Å²) in [4.78, 5) is 0. The Balaban J connectivity index is 3.18. The number of halogens is 2. The highest BCUT2D eigenvalue weighted by molar-refractivity contribution is 5.45. The molecule has 0 aliphatic carbocycles. The van der Waals surface area contributed by atoms with Gasteiger partial charge in [0.1, 0.15) is 5.75 Å². The number of aryl methyl sites for hydroxylation is 1. The molecule has 0 aliphatic rings. The van der Waals surface area contributed by atoms with E-state index in [1.54, 1.807) is 6.07 Å². The van der Waals surface area contributed by atoms with Crippen LogP contribution in [0.15, 0.2) is 12.1 Å². The predicted octanol–water partition coefficient (Wildman–Crippen LogP) is 3.38. The van der Waals surface area contributed by atoms with Crippen molar-refractivity contribution < 1.29 is 19.0 Å². The van der Waals surface area contributed by atoms with Crippen molar-refractivity contribution in [3.8, 4) is 5.75 Å². The number of aliphatic hydroxyl groups excluding tert-OH is 1. The van der Waals surface area contributed by atoms with Crippen molar-refractivity contribution in [2.24, 2.45) is 0 Å². The highest BCUT2D eigenvalue weighted by Crippen LogP contribution is 2.35. The quantitative estimate of drug-likeness (QED) is 0.833. The molecule has 0 spiro atoms. The van der Waals surface area contributed by atoms with Gasteiger partial charge in [0.25, 0.3) is 6.43 Å². The molecule has 0 fully saturated rings. The topological polar surface area (TPSA) is 40.5 Å². The van der Waals surface area contributed by atoms with Crippen molar-refractivity contribution in [2.45, 2.75) is 39.0 Å². The minimum atomic E-state index is -2.68. The first kappa shape index (κ1) is 13.9. The van der Waals surface area contributed by atoms with Gasteiger partial charge < -0.3 is 10.2 Å². The second kappa shape index (κ2) is 5.96. The standard InChI is InChI=1S/C13H18F2O2/c1-8(2)10-6-9(4-3-5-16)12(17)11(7-10)13(14)15/h6-8,13,16-17H,3-5H2,1-2H3. The first-order chi connectivity index (χ1) is 7.97. The molecular formula is C13H18F2O2. The number of benzene rings is 1. The summed E-state index contributed by atoms with van der Waals surface area (Å²) in [6.07, 6.45) is -1.82. The number of aliphatic hydroxyl groups is 1. The number of phenolic OH excluding ortho intramolecular Hbond substituents is 1. The van der Waals surface area contributed by atoms with Gasteiger partial charge >= 0.3 is 0 Å². The van der Waals surface area contributed by atoms with Crippen molar-refractivity contribution in [1.29, 1.82) is 0 Å². The zero-order valence-electron chi connectivity index (χ0n) is 10.1. The lowest BCUT2D eigenvalue weighted by Crippen LogP contribution is -1.99. The van der Waals surface area contributed by atoms with E-state index in [2.05, 4.69) is 0 Å². The van der Waals surface area contributed by atoms with Crippen LogP contribution in [0.4, 0.5) is 8.78 Å². The average molecular weight is 244 g/mol. The van der Waals surface area contributed by atoms with E-state index in [9.17, 15) is 13.9 Å². The van der Waals surface area contributed by atoms with Gasteiger partial charge in [-0.15, -0.1) is 0 Å². The third-order valence-electron chi connectivity index (χ3n) is 2.75. The molecule has 17 heavy (non-hydrogen) atoms. The Hall–Kier alpha value is -1.16. The van der Waals surface area contributed by atoms with Gasteiger partial charge in [-0.3, -0.25) is 0 Å². The Bertz CT molecular complexity index is 376. The number of rotatable bonds is 5. The zero-order valence-corrected chi connectivity index (χ0v) is 10.1. The van der Waals surface area contributed by atoms with E-state index in [4.69, 9.17) is 5.11 Å². The second-order valence-electron chi connectivity index (χ2n) is 4.40. The van der Waals surface area contributed by atoms with Gasteiger partial charge in [-0.1, -0.05) is 19.9 Å². The van der Waals surface area contributed by atoms with Gasteiger partial charge in [0.2, 0.25) is 0 Å². The monoisotopic (exact) mass is 244 g/mol. The van der Waals surface area contributed by atoms with Gasteiger partial charge in [0.05, 0.1) is 5.56 Å². The predicted molar refractivity (Wildman–Crippen MR) is 62.6 cm³/mol. The molecule has 0 aromatic heterocycles. The van der Waals surface area contributed by atoms with E-state index in [-0.39, 0.29) is 23.8 Å². The van der Waals surface area contributed by atoms with E-state index >= 15 is 0 Å². The summed E-state index contributed by atoms with van der Waals surface area (Å²) in [7, 11) is 0. The number of hydrogen-bond donors (Lipinski definition) is 2. The fraction of sp³-hybridized carbons (Fsp3) is 0.538. The van der Waals surface area contributed by atoms with Gasteiger partial charge in [0.15, 0.2) is 0 Å². The highest BCUT2D eigenvalue weighted by Gasteiger charge is 2.18. The maximum Gasteiger partial charge on any atom is 0.267 e. The molecule has 0 saturated carbocycles. The molecule has 96 valence electrons. The Morgan fingerprint density at radius 3 is 2.35 bits per heavy atom. The Morgan fingerprint density at radius 1 is 1.24 bits per heavy atom. The lowest BCUT2D eigenvalue weighted by Gasteiger charge is -2.14. The van der Waals surface area contributed by atoms with Crippen molar-refractivity contribution >= 4 is 0 Å². The number of alkyl halides is 2. The molecule has 2 N–H and O–H groups in total. The molecule has 0 radical (unpaired) electrons. The second-order valence-corrected chi connectivity index (χ2v) is 4.40. The Morgan fingerprint density at radius 2 is 1.88 bits per heavy atom. The summed E-state index contributed by atoms with van der Waals surface area (Å²) in [5.74, 6) is -0.209. The number of hydrogen-bond acceptors (Lipinski definition) is 2. The molecule has 0 heterocycles. The lowest BCUT2D eigenvalue weighted by atomic mass is 9.95. The minimum Gasteiger partial charge on any atom is -0.507 e. The molecule has 4 heteroatoms. The van der Waals surface area contributed by atoms with Crippen molar-refractivity contribution in [2.75, 3.05) is 6.61 Å². The maximum atomic E-state index is 12.8. The van der Waals surface area contributed by atoms with Crippen LogP contribution in [0.5, 0.6) is 5.75 Å². The van der Waals surface area contributed by atoms with Gasteiger partial charge in [-0.2, -0.15) is 0 Å². The van der Waals surface area contributed by atoms with Gasteiger partial charge in [-0.05, 0) is 36.0 Å². The highest BCUT2D eigenvalue weighted by atomic mass is 19.3. The first-order valence-corrected chi connectivity index (χ1v) is 5.72. The van der Waals surface area contributed by atoms with E-state index < -0.39 is 6.43 Å². The molecule has 0 saturated heterocycles. The largest absolute Gasteiger partial charge is 0.507 e. The van der Waals surface area contributed by atoms with Crippen molar-refractivity contribution in [3.05, 3.63) is 28.8 Å². The SMILES string of the molecule is CC(C)c1cc(CCCO)c(O)c(C(F)F)c1. The number of aromatic hydroxyl groups is 1. The van der Waals surface area contributed by atoms with E-state index in [1.165, 1.54) is 6.07 Å². The van der Waals surface area contributed by atoms with E-state index in [0.717, 1.165) is 5.56 Å². The normalized spacial score (nSPS) is 11.5. The van der Waals surface area contributed by atoms with Crippen LogP contribution in [0.2, 0.25) is 0 Å². The summed E-state index contributed by atoms with van der Waals surface area (Å²) in [5, 5.41) is 18.5. The fourth-order valence-corrected chi connectivity index (χ4v) is 1.70. The van der Waals surface area contributed by atoms with Crippen LogP contribution in [0.1, 0.15) is 49.3 Å². The lowest BCUT2D eigenvalue weighted by molar-refractivity contribution is 0.147. The van der Waals surface area contributed by atoms with E-state index in [1.807, 2.05) is 13.8 Å². The van der Waals surface area contributed by atoms with Gasteiger partial charge in [0, 0.05) is 6.61 Å². The summed E-state index contributed by atoms with van der Waals surface area (Å²) in [5.41, 5.74) is 0.954. The molecule has 0 unspecified atom stereocenters. The molecular weight excluding hydrogens is 226 g/mol. The number of phenols is 1. The van der Waals surface area contributed by atoms with Crippen molar-refractivity contribution in [3.63, 3.8) is 0 Å². The van der Waals surface area contributed by atoms with Gasteiger partial charge in [-0.25, -0.2) is 8.78 Å². The zero-order chi connectivity index (χ0) is 13.0. The summed E-state index contributed by atoms with van der Waals surface area (Å²) < 4.78 is 25.5. The van der Waals surface area contributed by atoms with Crippen LogP contribution in [-0.2, 0) is 6.42 Å². The molecule has 1 aromatic carbocycles. The third kappa shape index (κ3) is 3.40. The first-order valence-electron chi connectivity index (χ1n) is 5.72.